The number of aromatic nitrogens is 2. The normalized spacial score (nSPS) is 10.7. The van der Waals surface area contributed by atoms with E-state index in [0.29, 0.717) is 6.54 Å². The van der Waals surface area contributed by atoms with Crippen LogP contribution in [0.15, 0.2) is 24.7 Å². The number of allylic oxidation sites excluding steroid dienone is 1. The Balaban J connectivity index is 1.99. The Kier molecular flexibility index (Phi) is 5.00. The summed E-state index contributed by atoms with van der Waals surface area (Å²) in [6, 6.07) is 0. The lowest BCUT2D eigenvalue weighted by Gasteiger charge is -1.95. The van der Waals surface area contributed by atoms with Crippen molar-refractivity contribution in [2.45, 2.75) is 19.3 Å². The number of rotatable bonds is 6. The van der Waals surface area contributed by atoms with Crippen molar-refractivity contribution in [1.82, 2.24) is 15.3 Å². The van der Waals surface area contributed by atoms with Crippen LogP contribution in [-0.4, -0.2) is 27.7 Å². The molecule has 0 aliphatic heterocycles. The standard InChI is InChI=1S/C10H15N3O2/c14-10(15)12-6-4-2-1-3-5-9-7-11-8-13-9/h2,4,7-8,12H,1,3,5-6H2,(H,11,13)(H,14,15). The molecule has 0 bridgehead atoms. The number of nitrogens with zero attached hydrogens (tertiary/aromatic N) is 1. The van der Waals surface area contributed by atoms with E-state index >= 15 is 0 Å². The molecule has 0 saturated carbocycles. The maximum Gasteiger partial charge on any atom is 0.404 e. The molecule has 0 aliphatic rings. The lowest BCUT2D eigenvalue weighted by Crippen LogP contribution is -2.20. The minimum atomic E-state index is -0.989. The van der Waals surface area contributed by atoms with E-state index in [1.165, 1.54) is 0 Å². The zero-order valence-electron chi connectivity index (χ0n) is 8.44. The molecule has 0 spiro atoms. The summed E-state index contributed by atoms with van der Waals surface area (Å²) >= 11 is 0. The van der Waals surface area contributed by atoms with Crippen molar-refractivity contribution < 1.29 is 9.90 Å². The van der Waals surface area contributed by atoms with Gasteiger partial charge in [-0.05, 0) is 19.3 Å². The first-order valence-electron chi connectivity index (χ1n) is 4.88. The Morgan fingerprint density at radius 2 is 2.47 bits per heavy atom. The third-order valence-corrected chi connectivity index (χ3v) is 1.91. The third-order valence-electron chi connectivity index (χ3n) is 1.91. The van der Waals surface area contributed by atoms with Gasteiger partial charge in [-0.15, -0.1) is 0 Å². The highest BCUT2D eigenvalue weighted by Crippen LogP contribution is 2.00. The highest BCUT2D eigenvalue weighted by atomic mass is 16.4. The molecule has 1 aromatic rings. The highest BCUT2D eigenvalue weighted by molar-refractivity contribution is 5.64. The van der Waals surface area contributed by atoms with Crippen LogP contribution in [-0.2, 0) is 6.42 Å². The van der Waals surface area contributed by atoms with Crippen LogP contribution in [0.3, 0.4) is 0 Å². The van der Waals surface area contributed by atoms with Crippen molar-refractivity contribution in [2.75, 3.05) is 6.54 Å². The Labute approximate surface area is 88.2 Å². The lowest BCUT2D eigenvalue weighted by molar-refractivity contribution is 0.195. The van der Waals surface area contributed by atoms with E-state index in [0.717, 1.165) is 25.0 Å². The van der Waals surface area contributed by atoms with Gasteiger partial charge in [-0.25, -0.2) is 9.78 Å². The molecule has 82 valence electrons. The van der Waals surface area contributed by atoms with E-state index in [9.17, 15) is 4.79 Å². The first-order chi connectivity index (χ1) is 7.29. The molecule has 0 radical (unpaired) electrons. The van der Waals surface area contributed by atoms with Gasteiger partial charge in [0.1, 0.15) is 0 Å². The highest BCUT2D eigenvalue weighted by Gasteiger charge is 1.92. The van der Waals surface area contributed by atoms with Crippen LogP contribution < -0.4 is 5.32 Å². The van der Waals surface area contributed by atoms with Gasteiger partial charge in [-0.3, -0.25) is 0 Å². The maximum absolute atomic E-state index is 10.1. The van der Waals surface area contributed by atoms with Crippen LogP contribution in [0.2, 0.25) is 0 Å². The molecule has 1 amide bonds. The van der Waals surface area contributed by atoms with E-state index in [1.807, 2.05) is 18.3 Å². The molecule has 5 heteroatoms. The summed E-state index contributed by atoms with van der Waals surface area (Å²) < 4.78 is 0. The fourth-order valence-electron chi connectivity index (χ4n) is 1.18. The molecular weight excluding hydrogens is 194 g/mol. The van der Waals surface area contributed by atoms with Gasteiger partial charge in [0, 0.05) is 18.4 Å². The van der Waals surface area contributed by atoms with E-state index in [4.69, 9.17) is 5.11 Å². The Bertz CT molecular complexity index is 306. The van der Waals surface area contributed by atoms with Gasteiger partial charge in [0.05, 0.1) is 6.33 Å². The molecule has 0 unspecified atom stereocenters. The number of imidazole rings is 1. The summed E-state index contributed by atoms with van der Waals surface area (Å²) in [6.07, 6.45) is 9.24. The zero-order valence-corrected chi connectivity index (χ0v) is 8.44. The lowest BCUT2D eigenvalue weighted by atomic mass is 10.2. The molecule has 0 aromatic carbocycles. The second-order valence-electron chi connectivity index (χ2n) is 3.13. The topological polar surface area (TPSA) is 78.0 Å². The molecule has 1 rings (SSSR count). The number of amides is 1. The number of H-pyrrole nitrogens is 1. The van der Waals surface area contributed by atoms with Crippen LogP contribution in [0, 0.1) is 0 Å². The number of carboxylic acid groups (broad SMARTS) is 1. The van der Waals surface area contributed by atoms with Crippen molar-refractivity contribution in [1.29, 1.82) is 0 Å². The minimum absolute atomic E-state index is 0.374. The van der Waals surface area contributed by atoms with E-state index in [-0.39, 0.29) is 0 Å². The average molecular weight is 209 g/mol. The summed E-state index contributed by atoms with van der Waals surface area (Å²) in [5, 5.41) is 10.5. The Morgan fingerprint density at radius 1 is 1.60 bits per heavy atom. The summed E-state index contributed by atoms with van der Waals surface area (Å²) in [7, 11) is 0. The number of nitrogens with one attached hydrogen (secondary N) is 2. The summed E-state index contributed by atoms with van der Waals surface area (Å²) in [5.74, 6) is 0. The van der Waals surface area contributed by atoms with Crippen LogP contribution in [0.5, 0.6) is 0 Å². The molecule has 0 aliphatic carbocycles. The molecule has 3 N–H and O–H groups in total. The SMILES string of the molecule is O=C(O)NCC=CCCCc1cnc[nH]1. The molecule has 15 heavy (non-hydrogen) atoms. The Hall–Kier alpha value is -1.78. The van der Waals surface area contributed by atoms with Crippen molar-refractivity contribution in [3.05, 3.63) is 30.4 Å². The van der Waals surface area contributed by atoms with Crippen molar-refractivity contribution >= 4 is 6.09 Å². The van der Waals surface area contributed by atoms with Crippen LogP contribution in [0.25, 0.3) is 0 Å². The molecule has 0 saturated heterocycles. The predicted octanol–water partition coefficient (Wildman–Crippen LogP) is 1.56. The van der Waals surface area contributed by atoms with Crippen LogP contribution >= 0.6 is 0 Å². The molecule has 0 atom stereocenters. The molecule has 0 fully saturated rings. The second-order valence-corrected chi connectivity index (χ2v) is 3.13. The molecule has 1 heterocycles. The smallest absolute Gasteiger partial charge is 0.404 e. The number of hydrogen-bond donors (Lipinski definition) is 3. The fourth-order valence-corrected chi connectivity index (χ4v) is 1.18. The van der Waals surface area contributed by atoms with Crippen molar-refractivity contribution in [2.24, 2.45) is 0 Å². The second kappa shape index (κ2) is 6.64. The van der Waals surface area contributed by atoms with E-state index in [2.05, 4.69) is 15.3 Å². The Morgan fingerprint density at radius 3 is 3.13 bits per heavy atom. The van der Waals surface area contributed by atoms with Gasteiger partial charge in [-0.1, -0.05) is 12.2 Å². The van der Waals surface area contributed by atoms with E-state index in [1.54, 1.807) is 6.33 Å². The van der Waals surface area contributed by atoms with Gasteiger partial charge < -0.3 is 15.4 Å². The predicted molar refractivity (Wildman–Crippen MR) is 56.7 cm³/mol. The monoisotopic (exact) mass is 209 g/mol. The number of aryl methyl sites for hydroxylation is 1. The zero-order chi connectivity index (χ0) is 10.9. The van der Waals surface area contributed by atoms with E-state index < -0.39 is 6.09 Å². The third kappa shape index (κ3) is 5.51. The summed E-state index contributed by atoms with van der Waals surface area (Å²) in [5.41, 5.74) is 1.13. The first-order valence-corrected chi connectivity index (χ1v) is 4.88. The summed E-state index contributed by atoms with van der Waals surface area (Å²) in [6.45, 7) is 0.374. The van der Waals surface area contributed by atoms with Gasteiger partial charge >= 0.3 is 6.09 Å². The maximum atomic E-state index is 10.1. The van der Waals surface area contributed by atoms with Gasteiger partial charge in [-0.2, -0.15) is 0 Å². The molecule has 5 nitrogen and oxygen atoms in total. The fraction of sp³-hybridized carbons (Fsp3) is 0.400. The van der Waals surface area contributed by atoms with Crippen LogP contribution in [0.1, 0.15) is 18.5 Å². The van der Waals surface area contributed by atoms with Gasteiger partial charge in [0.15, 0.2) is 0 Å². The van der Waals surface area contributed by atoms with Gasteiger partial charge in [0.25, 0.3) is 0 Å². The number of carbonyl (C=O) groups is 1. The average Bonchev–Trinajstić information content (AvgIpc) is 2.68. The number of aromatic amines is 1. The summed E-state index contributed by atoms with van der Waals surface area (Å²) in [4.78, 5) is 17.0. The first kappa shape index (κ1) is 11.3. The van der Waals surface area contributed by atoms with Crippen molar-refractivity contribution in [3.8, 4) is 0 Å². The van der Waals surface area contributed by atoms with Crippen molar-refractivity contribution in [3.63, 3.8) is 0 Å². The number of hydrogen-bond acceptors (Lipinski definition) is 2. The number of unbranched alkanes of at least 4 members (excludes halogenated alkanes) is 1. The minimum Gasteiger partial charge on any atom is -0.465 e. The molecule has 1 aromatic heterocycles. The molecular formula is C10H15N3O2. The van der Waals surface area contributed by atoms with Gasteiger partial charge in [0.2, 0.25) is 0 Å². The largest absolute Gasteiger partial charge is 0.465 e. The quantitative estimate of drug-likeness (QED) is 0.491. The van der Waals surface area contributed by atoms with Crippen LogP contribution in [0.4, 0.5) is 4.79 Å².